The van der Waals surface area contributed by atoms with Gasteiger partial charge in [-0.1, -0.05) is 0 Å². The third-order valence-electron chi connectivity index (χ3n) is 2.46. The lowest BCUT2D eigenvalue weighted by Crippen LogP contribution is -2.18. The second-order valence-electron chi connectivity index (χ2n) is 3.21. The molecule has 1 amide bonds. The van der Waals surface area contributed by atoms with E-state index in [0.717, 1.165) is 22.6 Å². The highest BCUT2D eigenvalue weighted by Gasteiger charge is 2.28. The van der Waals surface area contributed by atoms with Crippen molar-refractivity contribution in [3.8, 4) is 0 Å². The Morgan fingerprint density at radius 2 is 2.38 bits per heavy atom. The number of carbonyl (C=O) groups is 1. The topological polar surface area (TPSA) is 53.8 Å². The zero-order valence-corrected chi connectivity index (χ0v) is 6.87. The standard InChI is InChI=1S/C9H7N3O/c13-9-6-2-8-7(11-4-12-8)1-5(6)3-10-9/h1,4H,2-3H2,(H,10,13). The summed E-state index contributed by atoms with van der Waals surface area (Å²) < 4.78 is 0. The molecule has 2 heterocycles. The van der Waals surface area contributed by atoms with Crippen LogP contribution in [0.4, 0.5) is 0 Å². The summed E-state index contributed by atoms with van der Waals surface area (Å²) in [5, 5.41) is 2.79. The van der Waals surface area contributed by atoms with E-state index < -0.39 is 0 Å². The van der Waals surface area contributed by atoms with E-state index in [-0.39, 0.29) is 5.91 Å². The Morgan fingerprint density at radius 1 is 1.46 bits per heavy atom. The van der Waals surface area contributed by atoms with Gasteiger partial charge in [-0.15, -0.1) is 0 Å². The molecule has 0 saturated carbocycles. The van der Waals surface area contributed by atoms with Gasteiger partial charge in [0.2, 0.25) is 5.91 Å². The fourth-order valence-electron chi connectivity index (χ4n) is 1.76. The van der Waals surface area contributed by atoms with Crippen LogP contribution in [0.15, 0.2) is 32.9 Å². The highest BCUT2D eigenvalue weighted by molar-refractivity contribution is 6.15. The first-order valence-electron chi connectivity index (χ1n) is 4.16. The summed E-state index contributed by atoms with van der Waals surface area (Å²) in [6.07, 6.45) is 4.12. The maximum Gasteiger partial charge on any atom is 0.248 e. The van der Waals surface area contributed by atoms with Crippen LogP contribution in [0, 0.1) is 0 Å². The number of amides is 1. The molecule has 13 heavy (non-hydrogen) atoms. The summed E-state index contributed by atoms with van der Waals surface area (Å²) in [5.74, 6) is 0.0416. The number of allylic oxidation sites excluding steroid dienone is 1. The van der Waals surface area contributed by atoms with Crippen molar-refractivity contribution in [2.24, 2.45) is 9.98 Å². The first-order valence-corrected chi connectivity index (χ1v) is 4.16. The van der Waals surface area contributed by atoms with Crippen LogP contribution >= 0.6 is 0 Å². The second-order valence-corrected chi connectivity index (χ2v) is 3.21. The molecule has 4 heteroatoms. The first kappa shape index (κ1) is 6.77. The molecule has 64 valence electrons. The SMILES string of the molecule is O=C1NCC2=C1CC1=NC=NC1=C2. The Labute approximate surface area is 74.8 Å². The molecule has 0 atom stereocenters. The number of carbonyl (C=O) groups excluding carboxylic acids is 1. The Bertz CT molecular complexity index is 426. The molecule has 0 unspecified atom stereocenters. The molecule has 0 spiro atoms. The van der Waals surface area contributed by atoms with Crippen LogP contribution in [0.5, 0.6) is 0 Å². The fourth-order valence-corrected chi connectivity index (χ4v) is 1.76. The van der Waals surface area contributed by atoms with Crippen LogP contribution < -0.4 is 5.32 Å². The average Bonchev–Trinajstić information content (AvgIpc) is 2.70. The molecule has 0 saturated heterocycles. The normalized spacial score (nSPS) is 23.8. The monoisotopic (exact) mass is 173 g/mol. The van der Waals surface area contributed by atoms with Crippen LogP contribution in [0.3, 0.4) is 0 Å². The lowest BCUT2D eigenvalue weighted by atomic mass is 9.96. The van der Waals surface area contributed by atoms with E-state index in [1.165, 1.54) is 0 Å². The number of aliphatic imine (C=N–C) groups is 2. The number of nitrogens with one attached hydrogen (secondary N) is 1. The summed E-state index contributed by atoms with van der Waals surface area (Å²) in [4.78, 5) is 19.5. The van der Waals surface area contributed by atoms with Gasteiger partial charge in [0.15, 0.2) is 0 Å². The molecule has 1 N–H and O–H groups in total. The van der Waals surface area contributed by atoms with Gasteiger partial charge in [0.25, 0.3) is 0 Å². The minimum absolute atomic E-state index is 0.0416. The number of nitrogens with zero attached hydrogens (tertiary/aromatic N) is 2. The van der Waals surface area contributed by atoms with Crippen LogP contribution in [-0.2, 0) is 4.79 Å². The number of hydrogen-bond donors (Lipinski definition) is 1. The second kappa shape index (κ2) is 2.16. The molecule has 3 aliphatic rings. The van der Waals surface area contributed by atoms with Crippen LogP contribution in [-0.4, -0.2) is 24.5 Å². The van der Waals surface area contributed by atoms with Crippen molar-refractivity contribution in [1.82, 2.24) is 5.32 Å². The van der Waals surface area contributed by atoms with Crippen molar-refractivity contribution in [3.63, 3.8) is 0 Å². The van der Waals surface area contributed by atoms with Gasteiger partial charge < -0.3 is 5.32 Å². The molecule has 0 bridgehead atoms. The van der Waals surface area contributed by atoms with Gasteiger partial charge >= 0.3 is 0 Å². The van der Waals surface area contributed by atoms with E-state index in [0.29, 0.717) is 13.0 Å². The molecular weight excluding hydrogens is 166 g/mol. The van der Waals surface area contributed by atoms with Crippen molar-refractivity contribution >= 4 is 18.0 Å². The smallest absolute Gasteiger partial charge is 0.248 e. The molecule has 4 nitrogen and oxygen atoms in total. The number of hydrogen-bond acceptors (Lipinski definition) is 3. The van der Waals surface area contributed by atoms with Gasteiger partial charge in [0.05, 0.1) is 11.4 Å². The molecule has 0 aromatic heterocycles. The Hall–Kier alpha value is -1.71. The van der Waals surface area contributed by atoms with Gasteiger partial charge in [-0.25, -0.2) is 9.98 Å². The fraction of sp³-hybridized carbons (Fsp3) is 0.222. The first-order chi connectivity index (χ1) is 6.34. The Balaban J connectivity index is 2.11. The highest BCUT2D eigenvalue weighted by Crippen LogP contribution is 2.27. The molecule has 2 aliphatic heterocycles. The van der Waals surface area contributed by atoms with Crippen molar-refractivity contribution in [2.75, 3.05) is 6.54 Å². The quantitative estimate of drug-likeness (QED) is 0.558. The van der Waals surface area contributed by atoms with Gasteiger partial charge in [-0.3, -0.25) is 4.79 Å². The minimum atomic E-state index is 0.0416. The van der Waals surface area contributed by atoms with Crippen molar-refractivity contribution in [3.05, 3.63) is 22.9 Å². The van der Waals surface area contributed by atoms with Crippen LogP contribution in [0.1, 0.15) is 6.42 Å². The Morgan fingerprint density at radius 3 is 3.31 bits per heavy atom. The Kier molecular flexibility index (Phi) is 1.12. The lowest BCUT2D eigenvalue weighted by molar-refractivity contribution is -0.116. The van der Waals surface area contributed by atoms with Gasteiger partial charge in [-0.05, 0) is 11.6 Å². The number of fused-ring (bicyclic) bond motifs is 1. The summed E-state index contributed by atoms with van der Waals surface area (Å²) >= 11 is 0. The van der Waals surface area contributed by atoms with E-state index in [1.54, 1.807) is 6.34 Å². The average molecular weight is 173 g/mol. The highest BCUT2D eigenvalue weighted by atomic mass is 16.1. The zero-order chi connectivity index (χ0) is 8.84. The van der Waals surface area contributed by atoms with E-state index >= 15 is 0 Å². The van der Waals surface area contributed by atoms with E-state index in [2.05, 4.69) is 15.3 Å². The molecular formula is C9H7N3O. The van der Waals surface area contributed by atoms with E-state index in [9.17, 15) is 4.79 Å². The summed E-state index contributed by atoms with van der Waals surface area (Å²) in [7, 11) is 0. The molecule has 1 aliphatic carbocycles. The summed E-state index contributed by atoms with van der Waals surface area (Å²) in [6.45, 7) is 0.639. The minimum Gasteiger partial charge on any atom is -0.348 e. The predicted octanol–water partition coefficient (Wildman–Crippen LogP) is 0.183. The largest absolute Gasteiger partial charge is 0.348 e. The van der Waals surface area contributed by atoms with Gasteiger partial charge in [-0.2, -0.15) is 0 Å². The van der Waals surface area contributed by atoms with E-state index in [4.69, 9.17) is 0 Å². The molecule has 3 rings (SSSR count). The van der Waals surface area contributed by atoms with Crippen molar-refractivity contribution in [1.29, 1.82) is 0 Å². The summed E-state index contributed by atoms with van der Waals surface area (Å²) in [5.41, 5.74) is 3.75. The van der Waals surface area contributed by atoms with Gasteiger partial charge in [0, 0.05) is 18.5 Å². The third kappa shape index (κ3) is 0.824. The third-order valence-corrected chi connectivity index (χ3v) is 2.46. The lowest BCUT2D eigenvalue weighted by Gasteiger charge is -2.08. The predicted molar refractivity (Wildman–Crippen MR) is 48.7 cm³/mol. The van der Waals surface area contributed by atoms with Crippen LogP contribution in [0.25, 0.3) is 0 Å². The zero-order valence-electron chi connectivity index (χ0n) is 6.87. The molecule has 0 aromatic carbocycles. The van der Waals surface area contributed by atoms with Crippen molar-refractivity contribution < 1.29 is 4.79 Å². The van der Waals surface area contributed by atoms with E-state index in [1.807, 2.05) is 6.08 Å². The van der Waals surface area contributed by atoms with Crippen LogP contribution in [0.2, 0.25) is 0 Å². The molecule has 0 fully saturated rings. The maximum absolute atomic E-state index is 11.3. The molecule has 0 aromatic rings. The maximum atomic E-state index is 11.3. The summed E-state index contributed by atoms with van der Waals surface area (Å²) in [6, 6.07) is 0. The van der Waals surface area contributed by atoms with Gasteiger partial charge in [0.1, 0.15) is 6.34 Å². The molecule has 0 radical (unpaired) electrons. The van der Waals surface area contributed by atoms with Crippen molar-refractivity contribution in [2.45, 2.75) is 6.42 Å². The number of rotatable bonds is 0.